The third kappa shape index (κ3) is 10.4. The molecule has 7 nitrogen and oxygen atoms in total. The maximum Gasteiger partial charge on any atom is 0.238 e. The molecule has 1 amide bonds. The first kappa shape index (κ1) is 17.3. The summed E-state index contributed by atoms with van der Waals surface area (Å²) < 4.78 is 10.4. The summed E-state index contributed by atoms with van der Waals surface area (Å²) in [6.45, 7) is 3.51. The summed E-state index contributed by atoms with van der Waals surface area (Å²) in [7, 11) is 3.75. The van der Waals surface area contributed by atoms with Gasteiger partial charge in [-0.3, -0.25) is 4.79 Å². The number of rotatable bonds is 11. The lowest BCUT2D eigenvalue weighted by molar-refractivity contribution is -0.122. The van der Waals surface area contributed by atoms with E-state index in [4.69, 9.17) is 20.9 Å². The van der Waals surface area contributed by atoms with E-state index in [0.717, 1.165) is 0 Å². The van der Waals surface area contributed by atoms with Gasteiger partial charge in [0.25, 0.3) is 0 Å². The van der Waals surface area contributed by atoms with E-state index in [1.165, 1.54) is 0 Å². The summed E-state index contributed by atoms with van der Waals surface area (Å²) >= 11 is 0. The molecule has 0 aromatic heterocycles. The largest absolute Gasteiger partial charge is 0.378 e. The van der Waals surface area contributed by atoms with E-state index in [1.807, 2.05) is 19.0 Å². The van der Waals surface area contributed by atoms with Crippen molar-refractivity contribution in [2.24, 2.45) is 11.5 Å². The molecule has 0 heterocycles. The third-order valence-electron chi connectivity index (χ3n) is 2.08. The van der Waals surface area contributed by atoms with Crippen LogP contribution in [0.1, 0.15) is 0 Å². The monoisotopic (exact) mass is 262 g/mol. The maximum absolute atomic E-state index is 11.5. The average Bonchev–Trinajstić information content (AvgIpc) is 2.31. The Balaban J connectivity index is 3.35. The minimum Gasteiger partial charge on any atom is -0.378 e. The Bertz CT molecular complexity index is 214. The molecule has 1 atom stereocenters. The minimum atomic E-state index is -0.507. The molecule has 0 fully saturated rings. The van der Waals surface area contributed by atoms with Gasteiger partial charge in [-0.25, -0.2) is 0 Å². The first-order chi connectivity index (χ1) is 8.57. The SMILES string of the molecule is CN(C)C[C@H](N)C(=O)NCCOCCOCCN. The van der Waals surface area contributed by atoms with Crippen LogP contribution in [0.4, 0.5) is 0 Å². The van der Waals surface area contributed by atoms with Gasteiger partial charge in [0.15, 0.2) is 0 Å². The summed E-state index contributed by atoms with van der Waals surface area (Å²) in [6, 6.07) is -0.507. The van der Waals surface area contributed by atoms with Crippen LogP contribution in [0.5, 0.6) is 0 Å². The molecule has 0 aliphatic rings. The number of nitrogens with one attached hydrogen (secondary N) is 1. The lowest BCUT2D eigenvalue weighted by Crippen LogP contribution is -2.47. The number of ether oxygens (including phenoxy) is 2. The molecule has 0 aromatic carbocycles. The van der Waals surface area contributed by atoms with Gasteiger partial charge in [0.05, 0.1) is 32.5 Å². The predicted molar refractivity (Wildman–Crippen MR) is 70.2 cm³/mol. The van der Waals surface area contributed by atoms with E-state index < -0.39 is 6.04 Å². The van der Waals surface area contributed by atoms with Crippen LogP contribution < -0.4 is 16.8 Å². The molecular formula is C11H26N4O3. The molecule has 18 heavy (non-hydrogen) atoms. The molecule has 0 spiro atoms. The zero-order valence-corrected chi connectivity index (χ0v) is 11.4. The fraction of sp³-hybridized carbons (Fsp3) is 0.909. The number of likely N-dealkylation sites (N-methyl/N-ethyl adjacent to an activating group) is 1. The zero-order chi connectivity index (χ0) is 13.8. The fourth-order valence-corrected chi connectivity index (χ4v) is 1.26. The number of carbonyl (C=O) groups excluding carboxylic acids is 1. The topological polar surface area (TPSA) is 103 Å². The minimum absolute atomic E-state index is 0.160. The molecule has 7 heteroatoms. The summed E-state index contributed by atoms with van der Waals surface area (Å²) in [4.78, 5) is 13.4. The number of carbonyl (C=O) groups is 1. The van der Waals surface area contributed by atoms with E-state index in [1.54, 1.807) is 0 Å². The third-order valence-corrected chi connectivity index (χ3v) is 2.08. The maximum atomic E-state index is 11.5. The highest BCUT2D eigenvalue weighted by atomic mass is 16.5. The van der Waals surface area contributed by atoms with E-state index in [2.05, 4.69) is 5.32 Å². The van der Waals surface area contributed by atoms with E-state index in [0.29, 0.717) is 46.1 Å². The standard InChI is InChI=1S/C11H26N4O3/c1-15(2)9-10(13)11(16)14-4-6-18-8-7-17-5-3-12/h10H,3-9,12-13H2,1-2H3,(H,14,16)/t10-/m0/s1. The molecular weight excluding hydrogens is 236 g/mol. The Morgan fingerprint density at radius 2 is 1.83 bits per heavy atom. The first-order valence-electron chi connectivity index (χ1n) is 6.11. The lowest BCUT2D eigenvalue weighted by atomic mass is 10.3. The van der Waals surface area contributed by atoms with E-state index in [-0.39, 0.29) is 5.91 Å². The van der Waals surface area contributed by atoms with Crippen molar-refractivity contribution in [3.63, 3.8) is 0 Å². The van der Waals surface area contributed by atoms with Crippen LogP contribution in [0.3, 0.4) is 0 Å². The van der Waals surface area contributed by atoms with Crippen LogP contribution in [-0.2, 0) is 14.3 Å². The highest BCUT2D eigenvalue weighted by Gasteiger charge is 2.12. The molecule has 0 aliphatic heterocycles. The number of nitrogens with two attached hydrogens (primary N) is 2. The Kier molecular flexibility index (Phi) is 10.9. The van der Waals surface area contributed by atoms with Gasteiger partial charge in [-0.1, -0.05) is 0 Å². The number of hydrogen-bond acceptors (Lipinski definition) is 6. The van der Waals surface area contributed by atoms with Crippen molar-refractivity contribution in [2.75, 3.05) is 60.2 Å². The normalized spacial score (nSPS) is 12.7. The zero-order valence-electron chi connectivity index (χ0n) is 11.4. The summed E-state index contributed by atoms with van der Waals surface area (Å²) in [5, 5.41) is 2.71. The quantitative estimate of drug-likeness (QED) is 0.372. The number of nitrogens with zero attached hydrogens (tertiary/aromatic N) is 1. The van der Waals surface area contributed by atoms with Gasteiger partial charge < -0.3 is 31.2 Å². The predicted octanol–water partition coefficient (Wildman–Crippen LogP) is -2.02. The molecule has 0 radical (unpaired) electrons. The van der Waals surface area contributed by atoms with Crippen molar-refractivity contribution in [3.8, 4) is 0 Å². The van der Waals surface area contributed by atoms with Gasteiger partial charge >= 0.3 is 0 Å². The fourth-order valence-electron chi connectivity index (χ4n) is 1.26. The molecule has 0 rings (SSSR count). The van der Waals surface area contributed by atoms with Gasteiger partial charge in [-0.2, -0.15) is 0 Å². The molecule has 0 aliphatic carbocycles. The number of amides is 1. The smallest absolute Gasteiger partial charge is 0.238 e. The molecule has 108 valence electrons. The van der Waals surface area contributed by atoms with Gasteiger partial charge in [0.2, 0.25) is 5.91 Å². The van der Waals surface area contributed by atoms with Gasteiger partial charge in [0.1, 0.15) is 0 Å². The van der Waals surface area contributed by atoms with E-state index in [9.17, 15) is 4.79 Å². The van der Waals surface area contributed by atoms with Crippen molar-refractivity contribution < 1.29 is 14.3 Å². The van der Waals surface area contributed by atoms with Crippen LogP contribution in [0.15, 0.2) is 0 Å². The van der Waals surface area contributed by atoms with Gasteiger partial charge in [-0.05, 0) is 14.1 Å². The number of hydrogen-bond donors (Lipinski definition) is 3. The van der Waals surface area contributed by atoms with Crippen LogP contribution in [-0.4, -0.2) is 77.0 Å². The lowest BCUT2D eigenvalue weighted by Gasteiger charge is -2.16. The van der Waals surface area contributed by atoms with E-state index >= 15 is 0 Å². The van der Waals surface area contributed by atoms with Crippen LogP contribution in [0.25, 0.3) is 0 Å². The highest BCUT2D eigenvalue weighted by molar-refractivity contribution is 5.81. The molecule has 0 saturated carbocycles. The average molecular weight is 262 g/mol. The van der Waals surface area contributed by atoms with Crippen LogP contribution in [0.2, 0.25) is 0 Å². The Morgan fingerprint density at radius 1 is 1.22 bits per heavy atom. The van der Waals surface area contributed by atoms with Crippen LogP contribution in [0, 0.1) is 0 Å². The van der Waals surface area contributed by atoms with Crippen molar-refractivity contribution in [3.05, 3.63) is 0 Å². The first-order valence-corrected chi connectivity index (χ1v) is 6.11. The molecule has 5 N–H and O–H groups in total. The molecule has 0 bridgehead atoms. The molecule has 0 unspecified atom stereocenters. The highest BCUT2D eigenvalue weighted by Crippen LogP contribution is 1.83. The summed E-state index contributed by atoms with van der Waals surface area (Å²) in [6.07, 6.45) is 0. The molecule has 0 aromatic rings. The van der Waals surface area contributed by atoms with Gasteiger partial charge in [0, 0.05) is 19.6 Å². The second-order valence-electron chi connectivity index (χ2n) is 4.17. The van der Waals surface area contributed by atoms with Crippen molar-refractivity contribution >= 4 is 5.91 Å². The second-order valence-corrected chi connectivity index (χ2v) is 4.17. The molecule has 0 saturated heterocycles. The Labute approximate surface area is 109 Å². The summed E-state index contributed by atoms with van der Waals surface area (Å²) in [5.41, 5.74) is 10.9. The van der Waals surface area contributed by atoms with Crippen molar-refractivity contribution in [1.82, 2.24) is 10.2 Å². The Morgan fingerprint density at radius 3 is 2.39 bits per heavy atom. The van der Waals surface area contributed by atoms with Gasteiger partial charge in [-0.15, -0.1) is 0 Å². The summed E-state index contributed by atoms with van der Waals surface area (Å²) in [5.74, 6) is -0.160. The van der Waals surface area contributed by atoms with Crippen molar-refractivity contribution in [2.45, 2.75) is 6.04 Å². The van der Waals surface area contributed by atoms with Crippen LogP contribution >= 0.6 is 0 Å². The second kappa shape index (κ2) is 11.4. The van der Waals surface area contributed by atoms with Crippen molar-refractivity contribution in [1.29, 1.82) is 0 Å². The Hall–Kier alpha value is -0.730.